The smallest absolute Gasteiger partial charge is 0.391 e. The number of amides is 14. The molecule has 524 valence electrons. The first-order valence-electron chi connectivity index (χ1n) is 27.9. The lowest BCUT2D eigenvalue weighted by Crippen LogP contribution is -2.62. The topological polar surface area (TPSA) is 448 Å². The van der Waals surface area contributed by atoms with Crippen LogP contribution in [0.25, 0.3) is 0 Å². The van der Waals surface area contributed by atoms with Gasteiger partial charge in [-0.25, -0.2) is 0 Å². The average molecular weight is 1360 g/mol. The average Bonchev–Trinajstić information content (AvgIpc) is 1.06. The first-order chi connectivity index (χ1) is 42.2. The molecule has 0 aromatic carbocycles. The van der Waals surface area contributed by atoms with Crippen LogP contribution < -0.4 is 74.4 Å². The van der Waals surface area contributed by atoms with E-state index in [4.69, 9.17) is 0 Å². The molecule has 0 unspecified atom stereocenters. The Morgan fingerprint density at radius 3 is 0.978 bits per heavy atom. The number of rotatable bonds is 25. The Kier molecular flexibility index (Phi) is 32.5. The molecule has 0 aromatic rings. The molecule has 1 heterocycles. The Morgan fingerprint density at radius 2 is 0.685 bits per heavy atom. The SMILES string of the molecule is CC(=O)N[C@H](C(=O)N[C@@H](CCNC(=O)C(F)(F)F)C(=O)NCC[C@@H]1NC(=O)[C@H]([C@@H](C)O)NC(=O)[C@H](CCNC(=O)C(F)(F)F)NC(=O)[C@H](CCNC(=O)C(F)(F)F)NC(=O)[C@H](CC(C)C)NC(=O)[C@@H](CC(C)C)NC(=O)[C@H](CCNC(=O)C(F)(F)F)NC1=O)[C@@H](C)O. The Balaban J connectivity index is 4.32. The second kappa shape index (κ2) is 36.6. The highest BCUT2D eigenvalue weighted by Gasteiger charge is 2.43. The van der Waals surface area contributed by atoms with Crippen molar-refractivity contribution in [2.45, 2.75) is 185 Å². The molecule has 1 aliphatic rings. The molecule has 1 fully saturated rings. The van der Waals surface area contributed by atoms with E-state index >= 15 is 0 Å². The lowest BCUT2D eigenvalue weighted by Gasteiger charge is -2.29. The van der Waals surface area contributed by atoms with Crippen molar-refractivity contribution in [3.8, 4) is 0 Å². The Hall–Kier alpha value is -8.34. The molecular weight excluding hydrogens is 1280 g/mol. The van der Waals surface area contributed by atoms with Crippen molar-refractivity contribution in [2.24, 2.45) is 11.8 Å². The van der Waals surface area contributed by atoms with Crippen LogP contribution in [0, 0.1) is 11.8 Å². The molecule has 11 atom stereocenters. The maximum Gasteiger partial charge on any atom is 0.471 e. The van der Waals surface area contributed by atoms with E-state index in [1.165, 1.54) is 49.0 Å². The fraction of sp³-hybridized carbons (Fsp3) is 0.720. The maximum atomic E-state index is 14.5. The van der Waals surface area contributed by atoms with Crippen LogP contribution in [0.2, 0.25) is 0 Å². The van der Waals surface area contributed by atoms with E-state index < -0.39 is 251 Å². The molecule has 30 nitrogen and oxygen atoms in total. The van der Waals surface area contributed by atoms with Gasteiger partial charge in [-0.15, -0.1) is 0 Å². The summed E-state index contributed by atoms with van der Waals surface area (Å²) < 4.78 is 159. The highest BCUT2D eigenvalue weighted by atomic mass is 19.4. The van der Waals surface area contributed by atoms with Crippen LogP contribution in [0.15, 0.2) is 0 Å². The summed E-state index contributed by atoms with van der Waals surface area (Å²) in [4.78, 5) is 185. The fourth-order valence-corrected chi connectivity index (χ4v) is 8.10. The van der Waals surface area contributed by atoms with Gasteiger partial charge in [0.05, 0.1) is 12.2 Å². The van der Waals surface area contributed by atoms with Crippen molar-refractivity contribution in [3.63, 3.8) is 0 Å². The van der Waals surface area contributed by atoms with Crippen molar-refractivity contribution in [2.75, 3.05) is 32.7 Å². The van der Waals surface area contributed by atoms with E-state index in [0.29, 0.717) is 0 Å². The summed E-state index contributed by atoms with van der Waals surface area (Å²) in [6.45, 7) is 3.26. The second-order valence-corrected chi connectivity index (χ2v) is 21.6. The summed E-state index contributed by atoms with van der Waals surface area (Å²) in [5.74, 6) is -25.7. The molecule has 0 radical (unpaired) electrons. The minimum Gasteiger partial charge on any atom is -0.391 e. The molecule has 1 aliphatic heterocycles. The zero-order valence-electron chi connectivity index (χ0n) is 50.1. The summed E-state index contributed by atoms with van der Waals surface area (Å²) >= 11 is 0. The zero-order valence-corrected chi connectivity index (χ0v) is 50.1. The van der Waals surface area contributed by atoms with Gasteiger partial charge in [-0.1, -0.05) is 27.7 Å². The number of aliphatic hydroxyl groups excluding tert-OH is 2. The molecule has 0 aliphatic carbocycles. The summed E-state index contributed by atoms with van der Waals surface area (Å²) in [5.41, 5.74) is 0. The van der Waals surface area contributed by atoms with Gasteiger partial charge in [0.15, 0.2) is 0 Å². The second-order valence-electron chi connectivity index (χ2n) is 21.6. The quantitative estimate of drug-likeness (QED) is 0.0388. The van der Waals surface area contributed by atoms with Gasteiger partial charge in [-0.2, -0.15) is 52.7 Å². The van der Waals surface area contributed by atoms with Crippen LogP contribution in [0.1, 0.15) is 93.4 Å². The van der Waals surface area contributed by atoms with Crippen LogP contribution in [0.3, 0.4) is 0 Å². The molecular formula is C50H74F12N14O16. The Labute approximate surface area is 515 Å². The largest absolute Gasteiger partial charge is 0.471 e. The highest BCUT2D eigenvalue weighted by Crippen LogP contribution is 2.18. The van der Waals surface area contributed by atoms with Crippen molar-refractivity contribution in [1.29, 1.82) is 0 Å². The van der Waals surface area contributed by atoms with Gasteiger partial charge in [0.2, 0.25) is 59.1 Å². The van der Waals surface area contributed by atoms with E-state index in [9.17, 15) is 130 Å². The minimum absolute atomic E-state index is 0.373. The third-order valence-corrected chi connectivity index (χ3v) is 12.7. The molecule has 92 heavy (non-hydrogen) atoms. The monoisotopic (exact) mass is 1350 g/mol. The van der Waals surface area contributed by atoms with Crippen molar-refractivity contribution in [3.05, 3.63) is 0 Å². The van der Waals surface area contributed by atoms with E-state index in [1.807, 2.05) is 26.6 Å². The molecule has 0 spiro atoms. The molecule has 0 bridgehead atoms. The van der Waals surface area contributed by atoms with Crippen LogP contribution in [-0.2, 0) is 67.1 Å². The molecule has 14 amide bonds. The summed E-state index contributed by atoms with van der Waals surface area (Å²) in [7, 11) is 0. The summed E-state index contributed by atoms with van der Waals surface area (Å²) in [6.07, 6.45) is -31.7. The zero-order chi connectivity index (χ0) is 71.0. The van der Waals surface area contributed by atoms with Crippen molar-refractivity contribution < 1.29 is 130 Å². The normalized spacial score (nSPS) is 21.7. The number of hydrogen-bond donors (Lipinski definition) is 16. The summed E-state index contributed by atoms with van der Waals surface area (Å²) in [6, 6.07) is -18.9. The molecule has 0 saturated carbocycles. The van der Waals surface area contributed by atoms with Crippen LogP contribution in [0.4, 0.5) is 52.7 Å². The number of alkyl halides is 12. The summed E-state index contributed by atoms with van der Waals surface area (Å²) in [5, 5.41) is 47.6. The fourth-order valence-electron chi connectivity index (χ4n) is 8.10. The van der Waals surface area contributed by atoms with E-state index in [-0.39, 0.29) is 12.8 Å². The number of aliphatic hydroxyl groups is 2. The predicted molar refractivity (Wildman–Crippen MR) is 288 cm³/mol. The van der Waals surface area contributed by atoms with Gasteiger partial charge < -0.3 is 84.6 Å². The van der Waals surface area contributed by atoms with Gasteiger partial charge in [-0.05, 0) is 70.6 Å². The molecule has 1 saturated heterocycles. The van der Waals surface area contributed by atoms with E-state index in [1.54, 1.807) is 0 Å². The number of hydrogen-bond acceptors (Lipinski definition) is 16. The van der Waals surface area contributed by atoms with Gasteiger partial charge in [0.1, 0.15) is 54.4 Å². The highest BCUT2D eigenvalue weighted by molar-refractivity contribution is 5.99. The third kappa shape index (κ3) is 29.7. The lowest BCUT2D eigenvalue weighted by atomic mass is 9.99. The minimum atomic E-state index is -5.56. The number of halogens is 12. The van der Waals surface area contributed by atoms with Crippen LogP contribution in [0.5, 0.6) is 0 Å². The van der Waals surface area contributed by atoms with Gasteiger partial charge in [0.25, 0.3) is 0 Å². The Morgan fingerprint density at radius 1 is 0.402 bits per heavy atom. The first kappa shape index (κ1) is 81.7. The number of carbonyl (C=O) groups is 14. The van der Waals surface area contributed by atoms with E-state index in [2.05, 4.69) is 26.6 Å². The molecule has 1 rings (SSSR count). The van der Waals surface area contributed by atoms with Crippen LogP contribution in [-0.4, -0.2) is 217 Å². The maximum absolute atomic E-state index is 14.5. The Bertz CT molecular complexity index is 2630. The standard InChI is InChI=1S/C50H74F12N14O16/c1-20(2)18-30-39(85)71-26(10-15-65-44(90)48(54,55)56)35(81)70-29(12-17-67-46(92)50(60,61)62)38(84)76-33(23(6)78)42(88)73-28(36(82)69-27(11-16-66-45(91)49(57,58)59)37(83)74-31(19-21(3)4)40(86)75-30)8-13-63-34(80)25(9-14-64-43(89)47(51,52)53)72-41(87)32(22(5)77)68-24(7)79/h20-23,25-33,77-78H,8-19H2,1-7H3,(H,63,80)(H,64,89)(H,65,90)(H,66,91)(H,67,92)(H,68,79)(H,69,82)(H,70,81)(H,71,85)(H,72,87)(H,73,88)(H,74,83)(H,75,86)(H,76,84)/t22-,23-,25+,26+,27+,28+,29+,30+,31-,32+,33+/m1/s1. The first-order valence-corrected chi connectivity index (χ1v) is 27.9. The van der Waals surface area contributed by atoms with Crippen molar-refractivity contribution in [1.82, 2.24) is 74.4 Å². The number of carbonyl (C=O) groups excluding carboxylic acids is 14. The lowest BCUT2D eigenvalue weighted by molar-refractivity contribution is -0.173. The molecule has 16 N–H and O–H groups in total. The molecule has 0 aromatic heterocycles. The van der Waals surface area contributed by atoms with Crippen molar-refractivity contribution >= 4 is 82.7 Å². The molecule has 42 heteroatoms. The van der Waals surface area contributed by atoms with Gasteiger partial charge in [-0.3, -0.25) is 67.1 Å². The van der Waals surface area contributed by atoms with Gasteiger partial charge in [0, 0.05) is 39.6 Å². The van der Waals surface area contributed by atoms with E-state index in [0.717, 1.165) is 20.8 Å². The van der Waals surface area contributed by atoms with Gasteiger partial charge >= 0.3 is 48.3 Å². The number of nitrogens with one attached hydrogen (secondary N) is 14. The third-order valence-electron chi connectivity index (χ3n) is 12.7. The predicted octanol–water partition coefficient (Wildman–Crippen LogP) is -3.98. The van der Waals surface area contributed by atoms with Crippen LogP contribution >= 0.6 is 0 Å².